The molecule has 1 heterocycles. The van der Waals surface area contributed by atoms with E-state index >= 15 is 0 Å². The summed E-state index contributed by atoms with van der Waals surface area (Å²) in [6.07, 6.45) is 0. The molecule has 96 valence electrons. The van der Waals surface area contributed by atoms with Gasteiger partial charge in [-0.15, -0.1) is 0 Å². The van der Waals surface area contributed by atoms with Crippen LogP contribution >= 0.6 is 0 Å². The number of piperazine rings is 1. The van der Waals surface area contributed by atoms with Crippen molar-refractivity contribution in [1.29, 1.82) is 0 Å². The first-order valence-corrected chi connectivity index (χ1v) is 5.88. The molecule has 0 atom stereocenters. The van der Waals surface area contributed by atoms with Gasteiger partial charge in [-0.25, -0.2) is 0 Å². The summed E-state index contributed by atoms with van der Waals surface area (Å²) in [7, 11) is 1.80. The second-order valence-corrected chi connectivity index (χ2v) is 4.56. The first-order valence-electron chi connectivity index (χ1n) is 5.88. The minimum absolute atomic E-state index is 0.0604. The number of amides is 1. The molecule has 0 radical (unpaired) electrons. The highest BCUT2D eigenvalue weighted by Gasteiger charge is 2.21. The predicted molar refractivity (Wildman–Crippen MR) is 70.7 cm³/mol. The molecule has 18 heavy (non-hydrogen) atoms. The number of likely N-dealkylation sites (N-methyl/N-ethyl adjacent to an activating group) is 1. The molecular weight excluding hydrogens is 230 g/mol. The molecule has 2 rings (SSSR count). The number of nitrogens with zero attached hydrogens (tertiary/aromatic N) is 2. The first-order chi connectivity index (χ1) is 8.49. The molecule has 1 aliphatic rings. The zero-order chi connectivity index (χ0) is 13.3. The van der Waals surface area contributed by atoms with Gasteiger partial charge < -0.3 is 15.5 Å². The van der Waals surface area contributed by atoms with E-state index in [9.17, 15) is 9.59 Å². The summed E-state index contributed by atoms with van der Waals surface area (Å²) in [6, 6.07) is 5.32. The van der Waals surface area contributed by atoms with Gasteiger partial charge in [-0.05, 0) is 25.1 Å². The van der Waals surface area contributed by atoms with Crippen LogP contribution in [0.15, 0.2) is 18.2 Å². The van der Waals surface area contributed by atoms with Crippen LogP contribution in [0.3, 0.4) is 0 Å². The smallest absolute Gasteiger partial charge is 0.241 e. The van der Waals surface area contributed by atoms with Crippen LogP contribution in [0, 0.1) is 0 Å². The highest BCUT2D eigenvalue weighted by Crippen LogP contribution is 2.22. The maximum absolute atomic E-state index is 11.7. The second-order valence-electron chi connectivity index (χ2n) is 4.56. The average molecular weight is 247 g/mol. The largest absolute Gasteiger partial charge is 0.398 e. The van der Waals surface area contributed by atoms with Gasteiger partial charge in [-0.1, -0.05) is 0 Å². The molecule has 0 bridgehead atoms. The van der Waals surface area contributed by atoms with E-state index in [0.717, 1.165) is 12.2 Å². The van der Waals surface area contributed by atoms with E-state index in [4.69, 9.17) is 5.73 Å². The summed E-state index contributed by atoms with van der Waals surface area (Å²) >= 11 is 0. The normalized spacial score (nSPS) is 16.0. The Morgan fingerprint density at radius 3 is 2.67 bits per heavy atom. The Labute approximate surface area is 106 Å². The van der Waals surface area contributed by atoms with E-state index < -0.39 is 0 Å². The molecule has 2 N–H and O–H groups in total. The fourth-order valence-corrected chi connectivity index (χ4v) is 2.02. The van der Waals surface area contributed by atoms with Crippen LogP contribution in [-0.4, -0.2) is 43.3 Å². The molecule has 1 saturated heterocycles. The molecule has 0 aliphatic carbocycles. The average Bonchev–Trinajstić information content (AvgIpc) is 2.33. The van der Waals surface area contributed by atoms with Gasteiger partial charge in [0.05, 0.1) is 6.54 Å². The molecule has 1 aliphatic heterocycles. The minimum Gasteiger partial charge on any atom is -0.398 e. The Morgan fingerprint density at radius 1 is 1.33 bits per heavy atom. The van der Waals surface area contributed by atoms with Crippen molar-refractivity contribution in [3.63, 3.8) is 0 Å². The van der Waals surface area contributed by atoms with Gasteiger partial charge in [-0.2, -0.15) is 0 Å². The lowest BCUT2D eigenvalue weighted by molar-refractivity contribution is -0.129. The van der Waals surface area contributed by atoms with E-state index in [0.29, 0.717) is 24.3 Å². The Morgan fingerprint density at radius 2 is 2.06 bits per heavy atom. The lowest BCUT2D eigenvalue weighted by Crippen LogP contribution is -2.48. The topological polar surface area (TPSA) is 66.6 Å². The van der Waals surface area contributed by atoms with Gasteiger partial charge in [0.2, 0.25) is 5.91 Å². The number of nitrogen functional groups attached to an aromatic ring is 1. The SMILES string of the molecule is CC(=O)c1cc(N2CCN(C)C(=O)C2)ccc1N. The Kier molecular flexibility index (Phi) is 3.23. The van der Waals surface area contributed by atoms with Crippen molar-refractivity contribution in [2.75, 3.05) is 37.3 Å². The molecule has 0 saturated carbocycles. The molecule has 0 spiro atoms. The fraction of sp³-hybridized carbons (Fsp3) is 0.385. The third-order valence-electron chi connectivity index (χ3n) is 3.24. The fourth-order valence-electron chi connectivity index (χ4n) is 2.02. The molecule has 1 aromatic rings. The van der Waals surface area contributed by atoms with E-state index in [1.807, 2.05) is 11.0 Å². The van der Waals surface area contributed by atoms with Gasteiger partial charge >= 0.3 is 0 Å². The number of rotatable bonds is 2. The van der Waals surface area contributed by atoms with Crippen LogP contribution in [0.1, 0.15) is 17.3 Å². The number of benzene rings is 1. The molecule has 0 unspecified atom stereocenters. The summed E-state index contributed by atoms with van der Waals surface area (Å²) in [5.41, 5.74) is 7.62. The van der Waals surface area contributed by atoms with Crippen molar-refractivity contribution < 1.29 is 9.59 Å². The number of anilines is 2. The van der Waals surface area contributed by atoms with Gasteiger partial charge in [0.25, 0.3) is 0 Å². The van der Waals surface area contributed by atoms with Crippen LogP contribution in [0.2, 0.25) is 0 Å². The van der Waals surface area contributed by atoms with Crippen molar-refractivity contribution in [3.05, 3.63) is 23.8 Å². The van der Waals surface area contributed by atoms with Crippen LogP contribution in [-0.2, 0) is 4.79 Å². The van der Waals surface area contributed by atoms with Crippen molar-refractivity contribution in [1.82, 2.24) is 4.90 Å². The number of carbonyl (C=O) groups is 2. The number of nitrogens with two attached hydrogens (primary N) is 1. The maximum Gasteiger partial charge on any atom is 0.241 e. The third-order valence-corrected chi connectivity index (χ3v) is 3.24. The van der Waals surface area contributed by atoms with Crippen molar-refractivity contribution in [2.45, 2.75) is 6.92 Å². The van der Waals surface area contributed by atoms with Gasteiger partial charge in [0.15, 0.2) is 5.78 Å². The molecular formula is C13H17N3O2. The number of carbonyl (C=O) groups excluding carboxylic acids is 2. The highest BCUT2D eigenvalue weighted by atomic mass is 16.2. The Balaban J connectivity index is 2.26. The molecule has 0 aromatic heterocycles. The van der Waals surface area contributed by atoms with Crippen LogP contribution in [0.4, 0.5) is 11.4 Å². The summed E-state index contributed by atoms with van der Waals surface area (Å²) in [4.78, 5) is 26.8. The van der Waals surface area contributed by atoms with E-state index in [1.54, 1.807) is 24.1 Å². The number of hydrogen-bond acceptors (Lipinski definition) is 4. The number of hydrogen-bond donors (Lipinski definition) is 1. The number of ketones is 1. The molecule has 1 fully saturated rings. The van der Waals surface area contributed by atoms with Gasteiger partial charge in [0, 0.05) is 37.1 Å². The molecule has 5 heteroatoms. The minimum atomic E-state index is -0.0604. The van der Waals surface area contributed by atoms with Crippen LogP contribution < -0.4 is 10.6 Å². The number of Topliss-reactive ketones (excluding diaryl/α,β-unsaturated/α-hetero) is 1. The summed E-state index contributed by atoms with van der Waals surface area (Å²) < 4.78 is 0. The van der Waals surface area contributed by atoms with Crippen molar-refractivity contribution in [3.8, 4) is 0 Å². The van der Waals surface area contributed by atoms with Crippen LogP contribution in [0.5, 0.6) is 0 Å². The maximum atomic E-state index is 11.7. The van der Waals surface area contributed by atoms with E-state index in [2.05, 4.69) is 0 Å². The van der Waals surface area contributed by atoms with Gasteiger partial charge in [0.1, 0.15) is 0 Å². The van der Waals surface area contributed by atoms with Gasteiger partial charge in [-0.3, -0.25) is 9.59 Å². The summed E-state index contributed by atoms with van der Waals surface area (Å²) in [5.74, 6) is 0.0252. The highest BCUT2D eigenvalue weighted by molar-refractivity contribution is 6.00. The monoisotopic (exact) mass is 247 g/mol. The zero-order valence-electron chi connectivity index (χ0n) is 10.6. The van der Waals surface area contributed by atoms with E-state index in [-0.39, 0.29) is 11.7 Å². The Bertz CT molecular complexity index is 499. The Hall–Kier alpha value is -2.04. The second kappa shape index (κ2) is 4.68. The standard InChI is InChI=1S/C13H17N3O2/c1-9(17)11-7-10(3-4-12(11)14)16-6-5-15(2)13(18)8-16/h3-4,7H,5-6,8,14H2,1-2H3. The molecule has 5 nitrogen and oxygen atoms in total. The predicted octanol–water partition coefficient (Wildman–Crippen LogP) is 0.750. The summed E-state index contributed by atoms with van der Waals surface area (Å²) in [5, 5.41) is 0. The zero-order valence-corrected chi connectivity index (χ0v) is 10.6. The van der Waals surface area contributed by atoms with Crippen molar-refractivity contribution >= 4 is 23.1 Å². The van der Waals surface area contributed by atoms with Crippen molar-refractivity contribution in [2.24, 2.45) is 0 Å². The van der Waals surface area contributed by atoms with Crippen LogP contribution in [0.25, 0.3) is 0 Å². The molecule has 1 aromatic carbocycles. The molecule has 1 amide bonds. The summed E-state index contributed by atoms with van der Waals surface area (Å²) in [6.45, 7) is 3.30. The third kappa shape index (κ3) is 2.30. The van der Waals surface area contributed by atoms with E-state index in [1.165, 1.54) is 6.92 Å². The first kappa shape index (κ1) is 12.4. The lowest BCUT2D eigenvalue weighted by atomic mass is 10.1. The quantitative estimate of drug-likeness (QED) is 0.618. The lowest BCUT2D eigenvalue weighted by Gasteiger charge is -2.33.